The Bertz CT molecular complexity index is 482. The average Bonchev–Trinajstić information content (AvgIpc) is 2.91. The zero-order valence-electron chi connectivity index (χ0n) is 11.6. The summed E-state index contributed by atoms with van der Waals surface area (Å²) in [6, 6.07) is 3.47. The first-order valence-corrected chi connectivity index (χ1v) is 7.26. The lowest BCUT2D eigenvalue weighted by molar-refractivity contribution is 0.0927. The fraction of sp³-hybridized carbons (Fsp3) is 0.500. The minimum Gasteiger partial charge on any atom is -0.389 e. The van der Waals surface area contributed by atoms with Gasteiger partial charge in [-0.2, -0.15) is 0 Å². The van der Waals surface area contributed by atoms with Crippen LogP contribution < -0.4 is 11.1 Å². The van der Waals surface area contributed by atoms with Crippen molar-refractivity contribution in [1.29, 1.82) is 0 Å². The van der Waals surface area contributed by atoms with Crippen molar-refractivity contribution in [2.24, 2.45) is 5.73 Å². The van der Waals surface area contributed by atoms with Crippen LogP contribution in [0.3, 0.4) is 0 Å². The lowest BCUT2D eigenvalue weighted by Gasteiger charge is -2.21. The third-order valence-corrected chi connectivity index (χ3v) is 3.62. The molecule has 0 aromatic carbocycles. The standard InChI is InChI=1S/C14H20N4OS/c1-10(9-18-6-2-3-7-18)17-14(19)12-5-4-11(8-16-12)13(15)20/h4-5,8,10H,2-3,6-7,9H2,1H3,(H2,15,20)(H,17,19). The van der Waals surface area contributed by atoms with Crippen LogP contribution in [0.15, 0.2) is 18.3 Å². The monoisotopic (exact) mass is 292 g/mol. The molecule has 1 saturated heterocycles. The summed E-state index contributed by atoms with van der Waals surface area (Å²) in [6.07, 6.45) is 4.04. The van der Waals surface area contributed by atoms with Crippen molar-refractivity contribution in [3.8, 4) is 0 Å². The summed E-state index contributed by atoms with van der Waals surface area (Å²) in [5.74, 6) is -0.161. The quantitative estimate of drug-likeness (QED) is 0.790. The number of nitrogens with one attached hydrogen (secondary N) is 1. The van der Waals surface area contributed by atoms with Crippen LogP contribution in [-0.2, 0) is 0 Å². The molecule has 108 valence electrons. The SMILES string of the molecule is CC(CN1CCCC1)NC(=O)c1ccc(C(N)=S)cn1. The molecule has 1 atom stereocenters. The number of thiocarbonyl (C=S) groups is 1. The number of hydrogen-bond acceptors (Lipinski definition) is 4. The van der Waals surface area contributed by atoms with Gasteiger partial charge in [-0.15, -0.1) is 0 Å². The first kappa shape index (κ1) is 14.9. The molecule has 2 heterocycles. The number of carbonyl (C=O) groups is 1. The Morgan fingerprint density at radius 2 is 2.20 bits per heavy atom. The minimum atomic E-state index is -0.161. The summed E-state index contributed by atoms with van der Waals surface area (Å²) >= 11 is 4.85. The molecule has 3 N–H and O–H groups in total. The molecule has 1 amide bonds. The summed E-state index contributed by atoms with van der Waals surface area (Å²) in [7, 11) is 0. The van der Waals surface area contributed by atoms with Crippen LogP contribution in [0.2, 0.25) is 0 Å². The lowest BCUT2D eigenvalue weighted by Crippen LogP contribution is -2.41. The van der Waals surface area contributed by atoms with Crippen LogP contribution in [0.1, 0.15) is 35.8 Å². The third kappa shape index (κ3) is 3.98. The molecule has 1 fully saturated rings. The van der Waals surface area contributed by atoms with E-state index in [0.29, 0.717) is 11.3 Å². The van der Waals surface area contributed by atoms with Crippen LogP contribution in [0.5, 0.6) is 0 Å². The van der Waals surface area contributed by atoms with Gasteiger partial charge >= 0.3 is 0 Å². The van der Waals surface area contributed by atoms with Gasteiger partial charge in [0.1, 0.15) is 10.7 Å². The van der Waals surface area contributed by atoms with Gasteiger partial charge in [-0.05, 0) is 45.0 Å². The van der Waals surface area contributed by atoms with Crippen molar-refractivity contribution in [2.45, 2.75) is 25.8 Å². The van der Waals surface area contributed by atoms with Crippen LogP contribution >= 0.6 is 12.2 Å². The number of hydrogen-bond donors (Lipinski definition) is 2. The Balaban J connectivity index is 1.88. The Morgan fingerprint density at radius 3 is 2.75 bits per heavy atom. The van der Waals surface area contributed by atoms with E-state index < -0.39 is 0 Å². The number of likely N-dealkylation sites (tertiary alicyclic amines) is 1. The predicted octanol–water partition coefficient (Wildman–Crippen LogP) is 0.930. The molecular formula is C14H20N4OS. The number of aromatic nitrogens is 1. The van der Waals surface area contributed by atoms with E-state index >= 15 is 0 Å². The Morgan fingerprint density at radius 1 is 1.50 bits per heavy atom. The average molecular weight is 292 g/mol. The molecule has 2 rings (SSSR count). The number of carbonyl (C=O) groups excluding carboxylic acids is 1. The summed E-state index contributed by atoms with van der Waals surface area (Å²) in [5.41, 5.74) is 6.55. The van der Waals surface area contributed by atoms with Gasteiger partial charge in [0.15, 0.2) is 0 Å². The largest absolute Gasteiger partial charge is 0.389 e. The van der Waals surface area contributed by atoms with E-state index in [1.807, 2.05) is 6.92 Å². The van der Waals surface area contributed by atoms with Crippen molar-refractivity contribution in [2.75, 3.05) is 19.6 Å². The van der Waals surface area contributed by atoms with E-state index in [4.69, 9.17) is 18.0 Å². The molecule has 20 heavy (non-hydrogen) atoms. The van der Waals surface area contributed by atoms with Crippen molar-refractivity contribution >= 4 is 23.1 Å². The molecule has 5 nitrogen and oxygen atoms in total. The fourth-order valence-corrected chi connectivity index (χ4v) is 2.49. The van der Waals surface area contributed by atoms with E-state index in [1.54, 1.807) is 12.1 Å². The molecule has 0 saturated carbocycles. The zero-order chi connectivity index (χ0) is 14.5. The number of rotatable bonds is 5. The van der Waals surface area contributed by atoms with Crippen LogP contribution in [0, 0.1) is 0 Å². The highest BCUT2D eigenvalue weighted by Crippen LogP contribution is 2.08. The third-order valence-electron chi connectivity index (χ3n) is 3.39. The maximum absolute atomic E-state index is 12.1. The first-order chi connectivity index (χ1) is 9.56. The highest BCUT2D eigenvalue weighted by molar-refractivity contribution is 7.80. The minimum absolute atomic E-state index is 0.109. The number of nitrogens with two attached hydrogens (primary N) is 1. The van der Waals surface area contributed by atoms with Gasteiger partial charge in [0.05, 0.1) is 0 Å². The summed E-state index contributed by atoms with van der Waals surface area (Å²) in [6.45, 7) is 5.15. The molecule has 0 bridgehead atoms. The second kappa shape index (κ2) is 6.76. The van der Waals surface area contributed by atoms with E-state index in [9.17, 15) is 4.79 Å². The summed E-state index contributed by atoms with van der Waals surface area (Å²) < 4.78 is 0. The number of pyridine rings is 1. The molecule has 6 heteroatoms. The number of nitrogens with zero attached hydrogens (tertiary/aromatic N) is 2. The Kier molecular flexibility index (Phi) is 5.03. The molecule has 1 unspecified atom stereocenters. The highest BCUT2D eigenvalue weighted by atomic mass is 32.1. The molecule has 1 aromatic rings. The molecule has 0 aliphatic carbocycles. The van der Waals surface area contributed by atoms with Crippen molar-refractivity contribution in [3.63, 3.8) is 0 Å². The van der Waals surface area contributed by atoms with E-state index in [2.05, 4.69) is 15.2 Å². The Labute approximate surface area is 124 Å². The van der Waals surface area contributed by atoms with Gasteiger partial charge < -0.3 is 16.0 Å². The topological polar surface area (TPSA) is 71.2 Å². The number of amides is 1. The summed E-state index contributed by atoms with van der Waals surface area (Å²) in [4.78, 5) is 18.8. The molecular weight excluding hydrogens is 272 g/mol. The van der Waals surface area contributed by atoms with Gasteiger partial charge in [0.25, 0.3) is 5.91 Å². The van der Waals surface area contributed by atoms with Gasteiger partial charge in [0, 0.05) is 24.3 Å². The molecule has 1 aliphatic rings. The van der Waals surface area contributed by atoms with Crippen molar-refractivity contribution in [3.05, 3.63) is 29.6 Å². The second-order valence-corrected chi connectivity index (χ2v) is 5.62. The normalized spacial score (nSPS) is 16.9. The Hall–Kier alpha value is -1.53. The smallest absolute Gasteiger partial charge is 0.270 e. The van der Waals surface area contributed by atoms with E-state index in [-0.39, 0.29) is 16.9 Å². The van der Waals surface area contributed by atoms with Crippen molar-refractivity contribution < 1.29 is 4.79 Å². The molecule has 0 spiro atoms. The van der Waals surface area contributed by atoms with Gasteiger partial charge in [-0.25, -0.2) is 0 Å². The lowest BCUT2D eigenvalue weighted by atomic mass is 10.2. The van der Waals surface area contributed by atoms with E-state index in [1.165, 1.54) is 19.0 Å². The highest BCUT2D eigenvalue weighted by Gasteiger charge is 2.17. The summed E-state index contributed by atoms with van der Waals surface area (Å²) in [5, 5.41) is 2.96. The van der Waals surface area contributed by atoms with Crippen LogP contribution in [0.4, 0.5) is 0 Å². The molecule has 0 radical (unpaired) electrons. The van der Waals surface area contributed by atoms with Gasteiger partial charge in [0.2, 0.25) is 0 Å². The second-order valence-electron chi connectivity index (χ2n) is 5.18. The molecule has 1 aliphatic heterocycles. The predicted molar refractivity (Wildman–Crippen MR) is 82.7 cm³/mol. The van der Waals surface area contributed by atoms with E-state index in [0.717, 1.165) is 19.6 Å². The van der Waals surface area contributed by atoms with Crippen molar-refractivity contribution in [1.82, 2.24) is 15.2 Å². The maximum Gasteiger partial charge on any atom is 0.270 e. The first-order valence-electron chi connectivity index (χ1n) is 6.85. The van der Waals surface area contributed by atoms with Crippen LogP contribution in [-0.4, -0.2) is 46.5 Å². The molecule has 1 aromatic heterocycles. The maximum atomic E-state index is 12.1. The van der Waals surface area contributed by atoms with Gasteiger partial charge in [-0.1, -0.05) is 12.2 Å². The van der Waals surface area contributed by atoms with Gasteiger partial charge in [-0.3, -0.25) is 9.78 Å². The van der Waals surface area contributed by atoms with Crippen LogP contribution in [0.25, 0.3) is 0 Å². The zero-order valence-corrected chi connectivity index (χ0v) is 12.4. The fourth-order valence-electron chi connectivity index (χ4n) is 2.37.